The molecule has 0 aliphatic heterocycles. The summed E-state index contributed by atoms with van der Waals surface area (Å²) in [5.41, 5.74) is 0. The Balaban J connectivity index is -0.0000000450. The van der Waals surface area contributed by atoms with Gasteiger partial charge in [0.15, 0.2) is 0 Å². The predicted molar refractivity (Wildman–Crippen MR) is 35.6 cm³/mol. The van der Waals surface area contributed by atoms with Crippen molar-refractivity contribution < 1.29 is 14.4 Å². The number of hydrogen-bond donors (Lipinski definition) is 2. The normalized spacial score (nSPS) is 5.83. The molecule has 6 heavy (non-hydrogen) atoms. The van der Waals surface area contributed by atoms with Crippen molar-refractivity contribution in [1.29, 1.82) is 0 Å². The van der Waals surface area contributed by atoms with E-state index in [0.29, 0.717) is 0 Å². The van der Waals surface area contributed by atoms with Gasteiger partial charge in [0, 0.05) is 0 Å². The number of rotatable bonds is 0. The molecule has 0 rings (SSSR count). The van der Waals surface area contributed by atoms with Crippen molar-refractivity contribution in [3.63, 3.8) is 0 Å². The first kappa shape index (κ1) is 15.7. The summed E-state index contributed by atoms with van der Waals surface area (Å²) in [4.78, 5) is 14.3. The lowest BCUT2D eigenvalue weighted by atomic mass is 15.8. The molecule has 2 N–H and O–H groups in total. The van der Waals surface area contributed by atoms with Crippen molar-refractivity contribution in [2.24, 2.45) is 0 Å². The first-order valence-corrected chi connectivity index (χ1v) is 1.95. The summed E-state index contributed by atoms with van der Waals surface area (Å²) in [6.07, 6.45) is 0. The van der Waals surface area contributed by atoms with Crippen LogP contribution in [0.4, 0.5) is 0 Å². The minimum atomic E-state index is -3.13. The van der Waals surface area contributed by atoms with Crippen LogP contribution >= 0.6 is 28.1 Å². The van der Waals surface area contributed by atoms with Gasteiger partial charge >= 0.3 is 8.25 Å². The average Bonchev–Trinajstić information content (AvgIpc) is 0.811. The Morgan fingerprint density at radius 3 is 1.17 bits per heavy atom. The minimum absolute atomic E-state index is 0. The van der Waals surface area contributed by atoms with E-state index in [1.807, 2.05) is 0 Å². The van der Waals surface area contributed by atoms with Crippen molar-refractivity contribution in [2.45, 2.75) is 0 Å². The lowest BCUT2D eigenvalue weighted by Crippen LogP contribution is -1.38. The fraction of sp³-hybridized carbons (Fsp3) is 0. The van der Waals surface area contributed by atoms with Crippen molar-refractivity contribution in [3.8, 4) is 0 Å². The van der Waals surface area contributed by atoms with E-state index in [-0.39, 0.29) is 19.8 Å². The first-order chi connectivity index (χ1) is 1.73. The number of hydrogen-bond acceptors (Lipinski definition) is 1. The van der Waals surface area contributed by atoms with E-state index in [0.717, 1.165) is 0 Å². The second kappa shape index (κ2) is 9.38. The molecule has 0 radical (unpaired) electrons. The molecule has 0 aromatic rings. The summed E-state index contributed by atoms with van der Waals surface area (Å²) in [5.74, 6) is 0. The Bertz CT molecular complexity index is 29.0. The molecule has 0 bridgehead atoms. The third-order valence-corrected chi connectivity index (χ3v) is 0. The Kier molecular flexibility index (Phi) is 24.6. The Morgan fingerprint density at radius 1 is 1.17 bits per heavy atom. The maximum absolute atomic E-state index is 8.74. The fourth-order valence-electron chi connectivity index (χ4n) is 0. The minimum Gasteiger partial charge on any atom is -0.326 e. The Hall–Kier alpha value is 1.01. The molecule has 0 spiro atoms. The van der Waals surface area contributed by atoms with Gasteiger partial charge in [0.1, 0.15) is 0 Å². The topological polar surface area (TPSA) is 57.5 Å². The van der Waals surface area contributed by atoms with E-state index in [4.69, 9.17) is 14.4 Å². The van der Waals surface area contributed by atoms with E-state index >= 15 is 0 Å². The molecular weight excluding hydrogens is 141 g/mol. The van der Waals surface area contributed by atoms with Crippen LogP contribution in [-0.4, -0.2) is 9.79 Å². The average molecular weight is 150 g/mol. The summed E-state index contributed by atoms with van der Waals surface area (Å²) in [5, 5.41) is 0. The molecule has 6 heteroatoms. The van der Waals surface area contributed by atoms with Crippen LogP contribution < -0.4 is 0 Å². The van der Waals surface area contributed by atoms with Crippen molar-refractivity contribution in [3.05, 3.63) is 0 Å². The van der Waals surface area contributed by atoms with Crippen LogP contribution in [0.3, 0.4) is 0 Å². The maximum atomic E-state index is 8.74. The standard InChI is InChI=1S/H3O3P.2H3P/c1-4(2)3;;/h4H,(H2,1,2,3);2*1H3. The third kappa shape index (κ3) is 79.0. The van der Waals surface area contributed by atoms with Crippen LogP contribution in [0.1, 0.15) is 0 Å². The lowest BCUT2D eigenvalue weighted by Gasteiger charge is -1.61. The molecule has 0 aromatic carbocycles. The van der Waals surface area contributed by atoms with Gasteiger partial charge in [-0.15, -0.1) is 0 Å². The fourth-order valence-corrected chi connectivity index (χ4v) is 0. The van der Waals surface area contributed by atoms with E-state index < -0.39 is 8.25 Å². The predicted octanol–water partition coefficient (Wildman–Crippen LogP) is -0.523. The van der Waals surface area contributed by atoms with E-state index in [2.05, 4.69) is 0 Å². The molecule has 0 heterocycles. The van der Waals surface area contributed by atoms with Crippen molar-refractivity contribution in [1.82, 2.24) is 0 Å². The largest absolute Gasteiger partial charge is 0.326 e. The quantitative estimate of drug-likeness (QED) is 0.456. The lowest BCUT2D eigenvalue weighted by molar-refractivity contribution is 0.405. The van der Waals surface area contributed by atoms with Crippen LogP contribution in [-0.2, 0) is 4.57 Å². The second-order valence-corrected chi connectivity index (χ2v) is 0.848. The zero-order valence-electron chi connectivity index (χ0n) is 3.22. The highest BCUT2D eigenvalue weighted by Gasteiger charge is 1.61. The van der Waals surface area contributed by atoms with Gasteiger partial charge in [0.25, 0.3) is 0 Å². The highest BCUT2D eigenvalue weighted by molar-refractivity contribution is 7.30. The summed E-state index contributed by atoms with van der Waals surface area (Å²) in [6, 6.07) is 0. The van der Waals surface area contributed by atoms with Gasteiger partial charge in [-0.05, 0) is 0 Å². The van der Waals surface area contributed by atoms with Crippen LogP contribution in [0.25, 0.3) is 0 Å². The second-order valence-electron chi connectivity index (χ2n) is 0.283. The molecule has 0 aliphatic rings. The molecule has 0 saturated heterocycles. The summed E-state index contributed by atoms with van der Waals surface area (Å²) in [7, 11) is -3.13. The molecule has 2 atom stereocenters. The van der Waals surface area contributed by atoms with Crippen molar-refractivity contribution >= 4 is 28.1 Å². The smallest absolute Gasteiger partial charge is 0.314 e. The highest BCUT2D eigenvalue weighted by atomic mass is 31.1. The molecule has 42 valence electrons. The molecular formula is H9O3P3. The molecule has 2 unspecified atom stereocenters. The third-order valence-electron chi connectivity index (χ3n) is 0. The molecule has 0 amide bonds. The van der Waals surface area contributed by atoms with Crippen LogP contribution in [0.5, 0.6) is 0 Å². The van der Waals surface area contributed by atoms with Gasteiger partial charge in [-0.2, -0.15) is 19.8 Å². The van der Waals surface area contributed by atoms with E-state index in [1.165, 1.54) is 0 Å². The van der Waals surface area contributed by atoms with Gasteiger partial charge < -0.3 is 9.79 Å². The summed E-state index contributed by atoms with van der Waals surface area (Å²) < 4.78 is 8.74. The van der Waals surface area contributed by atoms with Crippen molar-refractivity contribution in [2.75, 3.05) is 0 Å². The zero-order valence-corrected chi connectivity index (χ0v) is 7.05. The Morgan fingerprint density at radius 2 is 1.17 bits per heavy atom. The summed E-state index contributed by atoms with van der Waals surface area (Å²) in [6.45, 7) is 0. The summed E-state index contributed by atoms with van der Waals surface area (Å²) >= 11 is 0. The Labute approximate surface area is 43.3 Å². The molecule has 3 nitrogen and oxygen atoms in total. The molecule has 0 saturated carbocycles. The highest BCUT2D eigenvalue weighted by Crippen LogP contribution is 1.98. The van der Waals surface area contributed by atoms with Crippen LogP contribution in [0.15, 0.2) is 0 Å². The van der Waals surface area contributed by atoms with E-state index in [9.17, 15) is 0 Å². The maximum Gasteiger partial charge on any atom is 0.314 e. The van der Waals surface area contributed by atoms with Gasteiger partial charge in [0.05, 0.1) is 0 Å². The SMILES string of the molecule is O=[PH](O)O.P.P. The van der Waals surface area contributed by atoms with Crippen LogP contribution in [0, 0.1) is 0 Å². The van der Waals surface area contributed by atoms with Gasteiger partial charge in [-0.3, -0.25) is 4.57 Å². The molecule has 0 aliphatic carbocycles. The first-order valence-electron chi connectivity index (χ1n) is 0.651. The van der Waals surface area contributed by atoms with Gasteiger partial charge in [0.2, 0.25) is 0 Å². The monoisotopic (exact) mass is 150 g/mol. The van der Waals surface area contributed by atoms with Crippen LogP contribution in [0.2, 0.25) is 0 Å². The zero-order chi connectivity index (χ0) is 3.58. The molecule has 0 aromatic heterocycles. The van der Waals surface area contributed by atoms with E-state index in [1.54, 1.807) is 0 Å². The van der Waals surface area contributed by atoms with Gasteiger partial charge in [-0.1, -0.05) is 0 Å². The molecule has 0 fully saturated rings. The van der Waals surface area contributed by atoms with Gasteiger partial charge in [-0.25, -0.2) is 0 Å².